The van der Waals surface area contributed by atoms with Crippen molar-refractivity contribution < 1.29 is 14.2 Å². The number of nitrogens with zero attached hydrogens (tertiary/aromatic N) is 1. The Morgan fingerprint density at radius 2 is 2.21 bits per heavy atom. The number of rotatable bonds is 7. The molecule has 1 saturated carbocycles. The molecule has 1 aromatic rings. The van der Waals surface area contributed by atoms with E-state index in [4.69, 9.17) is 9.84 Å². The highest BCUT2D eigenvalue weighted by Gasteiger charge is 2.32. The van der Waals surface area contributed by atoms with Crippen LogP contribution in [0.25, 0.3) is 0 Å². The molecule has 4 heteroatoms. The third-order valence-corrected chi connectivity index (χ3v) is 3.84. The molecule has 0 spiro atoms. The number of anilines is 1. The Bertz CT molecular complexity index is 421. The van der Waals surface area contributed by atoms with Gasteiger partial charge in [-0.15, -0.1) is 0 Å². The van der Waals surface area contributed by atoms with Crippen molar-refractivity contribution in [3.63, 3.8) is 0 Å². The standard InChI is InChI=1S/C15H22FNO2/c1-11(13-4-5-13)17(7-8-19-2)15-6-3-12(10-18)9-14(15)16/h3,6,9,11,13,18H,4-5,7-8,10H2,1-2H3. The first kappa shape index (κ1) is 14.3. The van der Waals surface area contributed by atoms with Gasteiger partial charge in [-0.25, -0.2) is 4.39 Å². The van der Waals surface area contributed by atoms with Crippen molar-refractivity contribution in [2.75, 3.05) is 25.2 Å². The minimum Gasteiger partial charge on any atom is -0.392 e. The van der Waals surface area contributed by atoms with Crippen LogP contribution in [0.15, 0.2) is 18.2 Å². The van der Waals surface area contributed by atoms with Gasteiger partial charge in [0, 0.05) is 19.7 Å². The second-order valence-electron chi connectivity index (χ2n) is 5.21. The van der Waals surface area contributed by atoms with E-state index in [9.17, 15) is 4.39 Å². The van der Waals surface area contributed by atoms with Gasteiger partial charge in [-0.2, -0.15) is 0 Å². The van der Waals surface area contributed by atoms with Crippen LogP contribution in [-0.2, 0) is 11.3 Å². The van der Waals surface area contributed by atoms with Gasteiger partial charge in [-0.1, -0.05) is 6.07 Å². The summed E-state index contributed by atoms with van der Waals surface area (Å²) in [7, 11) is 1.66. The minimum atomic E-state index is -0.268. The molecule has 3 nitrogen and oxygen atoms in total. The molecular weight excluding hydrogens is 245 g/mol. The molecule has 19 heavy (non-hydrogen) atoms. The lowest BCUT2D eigenvalue weighted by Crippen LogP contribution is -2.37. The first-order valence-corrected chi connectivity index (χ1v) is 6.82. The molecule has 0 aromatic heterocycles. The molecule has 1 unspecified atom stereocenters. The van der Waals surface area contributed by atoms with Crippen LogP contribution < -0.4 is 4.90 Å². The van der Waals surface area contributed by atoms with Gasteiger partial charge >= 0.3 is 0 Å². The Labute approximate surface area is 114 Å². The molecule has 1 aromatic carbocycles. The highest BCUT2D eigenvalue weighted by atomic mass is 19.1. The number of hydrogen-bond donors (Lipinski definition) is 1. The normalized spacial score (nSPS) is 16.4. The number of aliphatic hydroxyl groups is 1. The molecule has 0 bridgehead atoms. The van der Waals surface area contributed by atoms with Crippen LogP contribution in [0, 0.1) is 11.7 Å². The van der Waals surface area contributed by atoms with Crippen molar-refractivity contribution in [2.24, 2.45) is 5.92 Å². The Kier molecular flexibility index (Phi) is 4.77. The second-order valence-corrected chi connectivity index (χ2v) is 5.21. The molecule has 1 aliphatic carbocycles. The first-order valence-electron chi connectivity index (χ1n) is 6.82. The zero-order chi connectivity index (χ0) is 13.8. The molecule has 1 aliphatic rings. The Morgan fingerprint density at radius 3 is 2.74 bits per heavy atom. The average Bonchev–Trinajstić information content (AvgIpc) is 3.24. The van der Waals surface area contributed by atoms with Crippen LogP contribution in [-0.4, -0.2) is 31.4 Å². The summed E-state index contributed by atoms with van der Waals surface area (Å²) in [4.78, 5) is 2.08. The fourth-order valence-electron chi connectivity index (χ4n) is 2.45. The van der Waals surface area contributed by atoms with Gasteiger partial charge < -0.3 is 14.7 Å². The SMILES string of the molecule is COCCN(c1ccc(CO)cc1F)C(C)C1CC1. The summed E-state index contributed by atoms with van der Waals surface area (Å²) in [5.41, 5.74) is 1.21. The second kappa shape index (κ2) is 6.35. The molecule has 0 saturated heterocycles. The number of ether oxygens (including phenoxy) is 1. The van der Waals surface area contributed by atoms with Gasteiger partial charge in [0.25, 0.3) is 0 Å². The molecule has 1 atom stereocenters. The Hall–Kier alpha value is -1.13. The van der Waals surface area contributed by atoms with E-state index in [0.29, 0.717) is 36.4 Å². The zero-order valence-electron chi connectivity index (χ0n) is 11.6. The van der Waals surface area contributed by atoms with Gasteiger partial charge in [0.15, 0.2) is 0 Å². The Morgan fingerprint density at radius 1 is 1.47 bits per heavy atom. The van der Waals surface area contributed by atoms with Crippen molar-refractivity contribution in [2.45, 2.75) is 32.4 Å². The highest BCUT2D eigenvalue weighted by molar-refractivity contribution is 5.50. The third-order valence-electron chi connectivity index (χ3n) is 3.84. The van der Waals surface area contributed by atoms with Crippen LogP contribution in [0.1, 0.15) is 25.3 Å². The van der Waals surface area contributed by atoms with Crippen molar-refractivity contribution in [3.8, 4) is 0 Å². The number of halogens is 1. The number of methoxy groups -OCH3 is 1. The fraction of sp³-hybridized carbons (Fsp3) is 0.600. The summed E-state index contributed by atoms with van der Waals surface area (Å²) < 4.78 is 19.3. The van der Waals surface area contributed by atoms with Gasteiger partial charge in [0.1, 0.15) is 5.82 Å². The van der Waals surface area contributed by atoms with E-state index < -0.39 is 0 Å². The highest BCUT2D eigenvalue weighted by Crippen LogP contribution is 2.37. The minimum absolute atomic E-state index is 0.131. The third kappa shape index (κ3) is 3.45. The van der Waals surface area contributed by atoms with E-state index in [0.717, 1.165) is 0 Å². The monoisotopic (exact) mass is 267 g/mol. The Balaban J connectivity index is 2.20. The molecule has 0 heterocycles. The predicted molar refractivity (Wildman–Crippen MR) is 73.7 cm³/mol. The van der Waals surface area contributed by atoms with Crippen molar-refractivity contribution in [1.82, 2.24) is 0 Å². The maximum absolute atomic E-state index is 14.2. The van der Waals surface area contributed by atoms with Gasteiger partial charge in [-0.05, 0) is 43.4 Å². The molecule has 1 fully saturated rings. The van der Waals surface area contributed by atoms with E-state index in [1.165, 1.54) is 18.9 Å². The number of aliphatic hydroxyl groups excluding tert-OH is 1. The summed E-state index contributed by atoms with van der Waals surface area (Å²) in [6.45, 7) is 3.28. The van der Waals surface area contributed by atoms with E-state index >= 15 is 0 Å². The van der Waals surface area contributed by atoms with Crippen LogP contribution >= 0.6 is 0 Å². The molecule has 0 aliphatic heterocycles. The van der Waals surface area contributed by atoms with Gasteiger partial charge in [0.05, 0.1) is 18.9 Å². The topological polar surface area (TPSA) is 32.7 Å². The van der Waals surface area contributed by atoms with E-state index in [-0.39, 0.29) is 12.4 Å². The lowest BCUT2D eigenvalue weighted by Gasteiger charge is -2.31. The lowest BCUT2D eigenvalue weighted by atomic mass is 10.1. The number of benzene rings is 1. The molecule has 1 N–H and O–H groups in total. The van der Waals surface area contributed by atoms with Crippen LogP contribution in [0.3, 0.4) is 0 Å². The predicted octanol–water partition coefficient (Wildman–Crippen LogP) is 2.57. The van der Waals surface area contributed by atoms with E-state index in [1.54, 1.807) is 19.2 Å². The smallest absolute Gasteiger partial charge is 0.146 e. The van der Waals surface area contributed by atoms with Crippen molar-refractivity contribution >= 4 is 5.69 Å². The quantitative estimate of drug-likeness (QED) is 0.824. The van der Waals surface area contributed by atoms with Crippen LogP contribution in [0.4, 0.5) is 10.1 Å². The lowest BCUT2D eigenvalue weighted by molar-refractivity contribution is 0.202. The van der Waals surface area contributed by atoms with E-state index in [1.807, 2.05) is 0 Å². The largest absolute Gasteiger partial charge is 0.392 e. The zero-order valence-corrected chi connectivity index (χ0v) is 11.6. The van der Waals surface area contributed by atoms with E-state index in [2.05, 4.69) is 11.8 Å². The summed E-state index contributed by atoms with van der Waals surface area (Å²) in [6, 6.07) is 5.27. The summed E-state index contributed by atoms with van der Waals surface area (Å²) >= 11 is 0. The molecule has 106 valence electrons. The number of hydrogen-bond acceptors (Lipinski definition) is 3. The molecule has 0 radical (unpaired) electrons. The van der Waals surface area contributed by atoms with Gasteiger partial charge in [-0.3, -0.25) is 0 Å². The van der Waals surface area contributed by atoms with Crippen molar-refractivity contribution in [3.05, 3.63) is 29.6 Å². The maximum Gasteiger partial charge on any atom is 0.146 e. The summed E-state index contributed by atoms with van der Waals surface area (Å²) in [5, 5.41) is 9.04. The first-order chi connectivity index (χ1) is 9.17. The van der Waals surface area contributed by atoms with Crippen molar-refractivity contribution in [1.29, 1.82) is 0 Å². The maximum atomic E-state index is 14.2. The van der Waals surface area contributed by atoms with Crippen LogP contribution in [0.2, 0.25) is 0 Å². The van der Waals surface area contributed by atoms with Gasteiger partial charge in [0.2, 0.25) is 0 Å². The summed E-state index contributed by atoms with van der Waals surface area (Å²) in [6.07, 6.45) is 2.45. The average molecular weight is 267 g/mol. The van der Waals surface area contributed by atoms with Crippen LogP contribution in [0.5, 0.6) is 0 Å². The molecular formula is C15H22FNO2. The molecule has 0 amide bonds. The summed E-state index contributed by atoms with van der Waals surface area (Å²) in [5.74, 6) is 0.393. The fourth-order valence-corrected chi connectivity index (χ4v) is 2.45. The molecule has 2 rings (SSSR count).